The van der Waals surface area contributed by atoms with Crippen molar-refractivity contribution in [1.29, 1.82) is 5.26 Å². The number of hydrogen-bond donors (Lipinski definition) is 0. The lowest BCUT2D eigenvalue weighted by molar-refractivity contribution is 0.478. The third-order valence-electron chi connectivity index (χ3n) is 3.70. The summed E-state index contributed by atoms with van der Waals surface area (Å²) in [7, 11) is 0. The van der Waals surface area contributed by atoms with Crippen LogP contribution in [0.5, 0.6) is 11.5 Å². The molecule has 0 atom stereocenters. The molecule has 0 radical (unpaired) electrons. The highest BCUT2D eigenvalue weighted by atomic mass is 16.5. The molecule has 100 valence electrons. The first-order chi connectivity index (χ1) is 9.67. The average Bonchev–Trinajstić information content (AvgIpc) is 2.85. The summed E-state index contributed by atoms with van der Waals surface area (Å²) in [4.78, 5) is 4.30. The van der Waals surface area contributed by atoms with Crippen molar-refractivity contribution in [2.75, 3.05) is 0 Å². The number of benzene rings is 1. The Kier molecular flexibility index (Phi) is 3.15. The topological polar surface area (TPSA) is 45.9 Å². The standard InChI is InChI=1S/C17H16N2O/c1-11-8-17(16(10-18)12(2)19-11)20-15-7-6-13-4-3-5-14(13)9-15/h6-9H,3-5H2,1-2H3. The van der Waals surface area contributed by atoms with Gasteiger partial charge in [-0.1, -0.05) is 6.07 Å². The Morgan fingerprint density at radius 2 is 1.95 bits per heavy atom. The maximum absolute atomic E-state index is 9.25. The third-order valence-corrected chi connectivity index (χ3v) is 3.70. The Balaban J connectivity index is 1.97. The van der Waals surface area contributed by atoms with E-state index in [1.165, 1.54) is 17.5 Å². The van der Waals surface area contributed by atoms with Crippen molar-refractivity contribution in [2.24, 2.45) is 0 Å². The molecule has 1 aromatic carbocycles. The van der Waals surface area contributed by atoms with Crippen molar-refractivity contribution in [3.05, 3.63) is 52.3 Å². The predicted molar refractivity (Wildman–Crippen MR) is 77.0 cm³/mol. The van der Waals surface area contributed by atoms with Crippen LogP contribution in [0.4, 0.5) is 0 Å². The van der Waals surface area contributed by atoms with Crippen molar-refractivity contribution in [3.63, 3.8) is 0 Å². The molecule has 3 heteroatoms. The second kappa shape index (κ2) is 4.97. The van der Waals surface area contributed by atoms with E-state index < -0.39 is 0 Å². The van der Waals surface area contributed by atoms with Gasteiger partial charge in [0.05, 0.1) is 5.69 Å². The SMILES string of the molecule is Cc1cc(Oc2ccc3c(c2)CCC3)c(C#N)c(C)n1. The summed E-state index contributed by atoms with van der Waals surface area (Å²) in [5, 5.41) is 9.25. The van der Waals surface area contributed by atoms with Gasteiger partial charge in [0.25, 0.3) is 0 Å². The Morgan fingerprint density at radius 1 is 1.15 bits per heavy atom. The number of aromatic nitrogens is 1. The first kappa shape index (κ1) is 12.7. The molecule has 0 unspecified atom stereocenters. The number of fused-ring (bicyclic) bond motifs is 1. The summed E-state index contributed by atoms with van der Waals surface area (Å²) < 4.78 is 5.92. The highest BCUT2D eigenvalue weighted by Gasteiger charge is 2.14. The number of pyridine rings is 1. The Hall–Kier alpha value is -2.34. The van der Waals surface area contributed by atoms with Crippen LogP contribution in [-0.4, -0.2) is 4.98 Å². The second-order valence-electron chi connectivity index (χ2n) is 5.22. The highest BCUT2D eigenvalue weighted by Crippen LogP contribution is 2.31. The first-order valence-corrected chi connectivity index (χ1v) is 6.85. The molecule has 0 fully saturated rings. The lowest BCUT2D eigenvalue weighted by Gasteiger charge is -2.11. The minimum atomic E-state index is 0.510. The summed E-state index contributed by atoms with van der Waals surface area (Å²) in [6.07, 6.45) is 3.49. The van der Waals surface area contributed by atoms with Gasteiger partial charge < -0.3 is 4.74 Å². The predicted octanol–water partition coefficient (Wildman–Crippen LogP) is 3.85. The minimum absolute atomic E-state index is 0.510. The van der Waals surface area contributed by atoms with Gasteiger partial charge in [-0.2, -0.15) is 5.26 Å². The summed E-state index contributed by atoms with van der Waals surface area (Å²) in [5.74, 6) is 1.39. The molecule has 0 N–H and O–H groups in total. The molecular weight excluding hydrogens is 248 g/mol. The molecule has 0 saturated heterocycles. The van der Waals surface area contributed by atoms with Gasteiger partial charge in [-0.3, -0.25) is 4.98 Å². The molecule has 1 aromatic heterocycles. The summed E-state index contributed by atoms with van der Waals surface area (Å²) >= 11 is 0. The van der Waals surface area contributed by atoms with Crippen molar-refractivity contribution in [1.82, 2.24) is 4.98 Å². The quantitative estimate of drug-likeness (QED) is 0.827. The molecule has 3 rings (SSSR count). The zero-order valence-electron chi connectivity index (χ0n) is 11.7. The van der Waals surface area contributed by atoms with E-state index in [9.17, 15) is 5.26 Å². The van der Waals surface area contributed by atoms with Crippen LogP contribution in [0.2, 0.25) is 0 Å². The van der Waals surface area contributed by atoms with Gasteiger partial charge in [0, 0.05) is 11.8 Å². The fraction of sp³-hybridized carbons (Fsp3) is 0.294. The molecule has 0 saturated carbocycles. The Labute approximate surface area is 118 Å². The summed E-state index contributed by atoms with van der Waals surface area (Å²) in [6, 6.07) is 10.2. The Bertz CT molecular complexity index is 714. The molecule has 3 nitrogen and oxygen atoms in total. The van der Waals surface area contributed by atoms with E-state index in [2.05, 4.69) is 23.2 Å². The van der Waals surface area contributed by atoms with Crippen molar-refractivity contribution < 1.29 is 4.74 Å². The molecule has 20 heavy (non-hydrogen) atoms. The molecule has 1 aliphatic rings. The van der Waals surface area contributed by atoms with E-state index in [4.69, 9.17) is 4.74 Å². The summed E-state index contributed by atoms with van der Waals surface area (Å²) in [6.45, 7) is 3.74. The molecule has 0 amide bonds. The molecule has 0 bridgehead atoms. The normalized spacial score (nSPS) is 12.8. The van der Waals surface area contributed by atoms with Crippen LogP contribution >= 0.6 is 0 Å². The van der Waals surface area contributed by atoms with Crippen LogP contribution in [0.3, 0.4) is 0 Å². The van der Waals surface area contributed by atoms with Crippen LogP contribution < -0.4 is 4.74 Å². The third kappa shape index (κ3) is 2.25. The van der Waals surface area contributed by atoms with Gasteiger partial charge in [0.15, 0.2) is 0 Å². The van der Waals surface area contributed by atoms with Crippen molar-refractivity contribution in [2.45, 2.75) is 33.1 Å². The second-order valence-corrected chi connectivity index (χ2v) is 5.22. The number of rotatable bonds is 2. The first-order valence-electron chi connectivity index (χ1n) is 6.85. The van der Waals surface area contributed by atoms with E-state index in [0.717, 1.165) is 24.3 Å². The maximum atomic E-state index is 9.25. The van der Waals surface area contributed by atoms with Gasteiger partial charge >= 0.3 is 0 Å². The van der Waals surface area contributed by atoms with E-state index in [1.807, 2.05) is 26.0 Å². The zero-order chi connectivity index (χ0) is 14.1. The molecule has 1 heterocycles. The highest BCUT2D eigenvalue weighted by molar-refractivity contribution is 5.49. The van der Waals surface area contributed by atoms with Crippen LogP contribution in [0.1, 0.15) is 34.5 Å². The fourth-order valence-corrected chi connectivity index (χ4v) is 2.75. The lowest BCUT2D eigenvalue weighted by Crippen LogP contribution is -1.96. The van der Waals surface area contributed by atoms with E-state index in [1.54, 1.807) is 0 Å². The molecule has 0 spiro atoms. The van der Waals surface area contributed by atoms with Gasteiger partial charge in [-0.05, 0) is 56.4 Å². The van der Waals surface area contributed by atoms with Crippen molar-refractivity contribution >= 4 is 0 Å². The van der Waals surface area contributed by atoms with E-state index in [-0.39, 0.29) is 0 Å². The zero-order valence-corrected chi connectivity index (χ0v) is 11.7. The number of nitrogens with zero attached hydrogens (tertiary/aromatic N) is 2. The smallest absolute Gasteiger partial charge is 0.148 e. The van der Waals surface area contributed by atoms with Gasteiger partial charge in [0.2, 0.25) is 0 Å². The Morgan fingerprint density at radius 3 is 2.75 bits per heavy atom. The van der Waals surface area contributed by atoms with Crippen molar-refractivity contribution in [3.8, 4) is 17.6 Å². The minimum Gasteiger partial charge on any atom is -0.456 e. The van der Waals surface area contributed by atoms with Gasteiger partial charge in [0.1, 0.15) is 23.1 Å². The number of hydrogen-bond acceptors (Lipinski definition) is 3. The molecular formula is C17H16N2O. The van der Waals surface area contributed by atoms with Crippen LogP contribution in [0.25, 0.3) is 0 Å². The monoisotopic (exact) mass is 264 g/mol. The van der Waals surface area contributed by atoms with E-state index >= 15 is 0 Å². The number of nitriles is 1. The number of aryl methyl sites for hydroxylation is 4. The largest absolute Gasteiger partial charge is 0.456 e. The lowest BCUT2D eigenvalue weighted by atomic mass is 10.1. The fourth-order valence-electron chi connectivity index (χ4n) is 2.75. The van der Waals surface area contributed by atoms with E-state index in [0.29, 0.717) is 17.0 Å². The van der Waals surface area contributed by atoms with Crippen LogP contribution in [-0.2, 0) is 12.8 Å². The average molecular weight is 264 g/mol. The number of ether oxygens (including phenoxy) is 1. The molecule has 1 aliphatic carbocycles. The molecule has 2 aromatic rings. The van der Waals surface area contributed by atoms with Crippen LogP contribution in [0, 0.1) is 25.2 Å². The van der Waals surface area contributed by atoms with Gasteiger partial charge in [-0.25, -0.2) is 0 Å². The summed E-state index contributed by atoms with van der Waals surface area (Å²) in [5.41, 5.74) is 4.86. The maximum Gasteiger partial charge on any atom is 0.148 e. The van der Waals surface area contributed by atoms with Gasteiger partial charge in [-0.15, -0.1) is 0 Å². The molecule has 0 aliphatic heterocycles. The van der Waals surface area contributed by atoms with Crippen LogP contribution in [0.15, 0.2) is 24.3 Å².